The molecule has 0 radical (unpaired) electrons. The van der Waals surface area contributed by atoms with Crippen LogP contribution in [0.25, 0.3) is 0 Å². The predicted molar refractivity (Wildman–Crippen MR) is 59.6 cm³/mol. The van der Waals surface area contributed by atoms with E-state index in [-0.39, 0.29) is 27.9 Å². The van der Waals surface area contributed by atoms with Gasteiger partial charge in [0.2, 0.25) is 0 Å². The predicted octanol–water partition coefficient (Wildman–Crippen LogP) is 2.91. The topological polar surface area (TPSA) is 0 Å². The van der Waals surface area contributed by atoms with E-state index >= 15 is 0 Å². The Morgan fingerprint density at radius 3 is 2.00 bits per heavy atom. The number of halogens is 1. The van der Waals surface area contributed by atoms with E-state index in [0.717, 1.165) is 11.8 Å². The summed E-state index contributed by atoms with van der Waals surface area (Å²) in [4.78, 5) is 0.116. The minimum absolute atomic E-state index is 0. The lowest BCUT2D eigenvalue weighted by Crippen LogP contribution is -2.26. The Bertz CT molecular complexity index is 122. The second-order valence-electron chi connectivity index (χ2n) is 4.49. The summed E-state index contributed by atoms with van der Waals surface area (Å²) in [6, 6.07) is 0. The van der Waals surface area contributed by atoms with E-state index in [0.29, 0.717) is 0 Å². The van der Waals surface area contributed by atoms with Gasteiger partial charge < -0.3 is 0 Å². The number of rotatable bonds is 1. The minimum Gasteiger partial charge on any atom is -0.120 e. The van der Waals surface area contributed by atoms with Gasteiger partial charge in [0.25, 0.3) is 0 Å². The number of alkyl halides is 1. The molecular weight excluding hydrogens is 180 g/mol. The van der Waals surface area contributed by atoms with Crippen LogP contribution in [-0.2, 0) is 0 Å². The lowest BCUT2D eigenvalue weighted by Gasteiger charge is -2.34. The van der Waals surface area contributed by atoms with Crippen LogP contribution in [0.1, 0.15) is 46.5 Å². The molecule has 0 aliphatic heterocycles. The van der Waals surface area contributed by atoms with Crippen molar-refractivity contribution in [3.63, 3.8) is 0 Å². The third-order valence-corrected chi connectivity index (χ3v) is 3.39. The molecule has 70 valence electrons. The van der Waals surface area contributed by atoms with Gasteiger partial charge in [-0.05, 0) is 44.4 Å². The molecule has 0 spiro atoms. The van der Waals surface area contributed by atoms with Crippen LogP contribution >= 0.6 is 11.6 Å². The average Bonchev–Trinajstić information content (AvgIpc) is 1.86. The maximum Gasteiger partial charge on any atom is 0.316 e. The first-order chi connectivity index (χ1) is 5.01. The van der Waals surface area contributed by atoms with E-state index in [4.69, 9.17) is 11.6 Å². The Morgan fingerprint density at radius 1 is 1.25 bits per heavy atom. The zero-order valence-corrected chi connectivity index (χ0v) is 8.62. The van der Waals surface area contributed by atoms with Crippen LogP contribution in [0.4, 0.5) is 0 Å². The molecule has 1 aliphatic carbocycles. The van der Waals surface area contributed by atoms with Crippen molar-refractivity contribution in [2.24, 2.45) is 11.8 Å². The van der Waals surface area contributed by atoms with Crippen LogP contribution in [-0.4, -0.2) is 27.9 Å². The van der Waals surface area contributed by atoms with E-state index in [2.05, 4.69) is 20.8 Å². The van der Waals surface area contributed by atoms with Gasteiger partial charge in [0.15, 0.2) is 0 Å². The van der Waals surface area contributed by atoms with Gasteiger partial charge >= 0.3 is 23.1 Å². The van der Waals surface area contributed by atoms with Gasteiger partial charge in [-0.25, -0.2) is 0 Å². The van der Waals surface area contributed by atoms with Gasteiger partial charge in [-0.3, -0.25) is 0 Å². The molecule has 1 rings (SSSR count). The summed E-state index contributed by atoms with van der Waals surface area (Å²) in [6.45, 7) is 6.81. The largest absolute Gasteiger partial charge is 0.316 e. The van der Waals surface area contributed by atoms with E-state index in [1.807, 2.05) is 0 Å². The molecule has 0 heterocycles. The Morgan fingerprint density at radius 2 is 1.67 bits per heavy atom. The molecule has 0 saturated heterocycles. The summed E-state index contributed by atoms with van der Waals surface area (Å²) in [5.74, 6) is 1.78. The standard InChI is InChI=1S/C10H19Cl.Mg.2H/c1-8(2)9-4-6-10(3,11)7-5-9;;;/h8-9H,4-7H2,1-3H3;;;. The van der Waals surface area contributed by atoms with Gasteiger partial charge in [-0.1, -0.05) is 13.8 Å². The molecule has 0 atom stereocenters. The first-order valence-electron chi connectivity index (χ1n) is 4.70. The van der Waals surface area contributed by atoms with Crippen LogP contribution < -0.4 is 0 Å². The van der Waals surface area contributed by atoms with Crippen molar-refractivity contribution in [1.82, 2.24) is 0 Å². The van der Waals surface area contributed by atoms with E-state index in [1.165, 1.54) is 25.7 Å². The van der Waals surface area contributed by atoms with Crippen molar-refractivity contribution in [2.75, 3.05) is 0 Å². The Balaban J connectivity index is 0.00000121. The first-order valence-corrected chi connectivity index (χ1v) is 5.08. The van der Waals surface area contributed by atoms with Gasteiger partial charge in [0.05, 0.1) is 0 Å². The quantitative estimate of drug-likeness (QED) is 0.452. The zero-order chi connectivity index (χ0) is 8.48. The Hall–Kier alpha value is 1.06. The van der Waals surface area contributed by atoms with E-state index in [1.54, 1.807) is 0 Å². The van der Waals surface area contributed by atoms with Crippen LogP contribution in [0.15, 0.2) is 0 Å². The molecule has 0 amide bonds. The Kier molecular flexibility index (Phi) is 5.51. The van der Waals surface area contributed by atoms with Crippen molar-refractivity contribution in [2.45, 2.75) is 51.3 Å². The molecule has 0 aromatic heterocycles. The van der Waals surface area contributed by atoms with Gasteiger partial charge in [-0.2, -0.15) is 0 Å². The van der Waals surface area contributed by atoms with Crippen molar-refractivity contribution in [1.29, 1.82) is 0 Å². The highest BCUT2D eigenvalue weighted by molar-refractivity contribution is 6.23. The summed E-state index contributed by atoms with van der Waals surface area (Å²) in [5, 5.41) is 0. The van der Waals surface area contributed by atoms with Gasteiger partial charge in [-0.15, -0.1) is 11.6 Å². The third kappa shape index (κ3) is 3.84. The fourth-order valence-electron chi connectivity index (χ4n) is 1.91. The second kappa shape index (κ2) is 5.07. The molecule has 0 nitrogen and oxygen atoms in total. The first kappa shape index (κ1) is 13.1. The highest BCUT2D eigenvalue weighted by Crippen LogP contribution is 2.39. The fourth-order valence-corrected chi connectivity index (χ4v) is 2.13. The van der Waals surface area contributed by atoms with Crippen molar-refractivity contribution < 1.29 is 0 Å². The third-order valence-electron chi connectivity index (χ3n) is 3.02. The van der Waals surface area contributed by atoms with Crippen molar-refractivity contribution in [3.8, 4) is 0 Å². The fraction of sp³-hybridized carbons (Fsp3) is 1.00. The monoisotopic (exact) mass is 200 g/mol. The van der Waals surface area contributed by atoms with E-state index < -0.39 is 0 Å². The maximum absolute atomic E-state index is 6.24. The maximum atomic E-state index is 6.24. The van der Waals surface area contributed by atoms with Crippen molar-refractivity contribution >= 4 is 34.7 Å². The lowest BCUT2D eigenvalue weighted by molar-refractivity contribution is 0.248. The van der Waals surface area contributed by atoms with Gasteiger partial charge in [0.1, 0.15) is 0 Å². The zero-order valence-electron chi connectivity index (χ0n) is 7.86. The molecule has 1 saturated carbocycles. The van der Waals surface area contributed by atoms with Crippen LogP contribution in [0.5, 0.6) is 0 Å². The van der Waals surface area contributed by atoms with Gasteiger partial charge in [0, 0.05) is 4.87 Å². The highest BCUT2D eigenvalue weighted by atomic mass is 35.5. The lowest BCUT2D eigenvalue weighted by atomic mass is 9.77. The van der Waals surface area contributed by atoms with Crippen LogP contribution in [0.3, 0.4) is 0 Å². The number of hydrogen-bond acceptors (Lipinski definition) is 0. The molecule has 1 aliphatic rings. The van der Waals surface area contributed by atoms with Crippen LogP contribution in [0, 0.1) is 11.8 Å². The summed E-state index contributed by atoms with van der Waals surface area (Å²) in [6.07, 6.45) is 5.07. The highest BCUT2D eigenvalue weighted by Gasteiger charge is 2.29. The molecule has 0 aromatic carbocycles. The number of hydrogen-bond donors (Lipinski definition) is 0. The molecule has 12 heavy (non-hydrogen) atoms. The molecule has 0 unspecified atom stereocenters. The molecule has 0 N–H and O–H groups in total. The molecule has 0 bridgehead atoms. The summed E-state index contributed by atoms with van der Waals surface area (Å²) >= 11 is 6.24. The molecule has 0 aromatic rings. The average molecular weight is 201 g/mol. The smallest absolute Gasteiger partial charge is 0.120 e. The Labute approximate surface area is 97.6 Å². The molecule has 2 heteroatoms. The minimum atomic E-state index is 0. The summed E-state index contributed by atoms with van der Waals surface area (Å²) < 4.78 is 0. The van der Waals surface area contributed by atoms with E-state index in [9.17, 15) is 0 Å². The SMILES string of the molecule is CC(C)C1CCC(C)(Cl)CC1.[MgH2]. The van der Waals surface area contributed by atoms with Crippen LogP contribution in [0.2, 0.25) is 0 Å². The second-order valence-corrected chi connectivity index (χ2v) is 5.41. The summed E-state index contributed by atoms with van der Waals surface area (Å²) in [5.41, 5.74) is 0. The molecular formula is C10H21ClMg. The molecule has 1 fully saturated rings. The normalized spacial score (nSPS) is 36.2. The van der Waals surface area contributed by atoms with Crippen molar-refractivity contribution in [3.05, 3.63) is 0 Å². The summed E-state index contributed by atoms with van der Waals surface area (Å²) in [7, 11) is 0.